The van der Waals surface area contributed by atoms with Gasteiger partial charge in [-0.2, -0.15) is 0 Å². The molecule has 0 spiro atoms. The van der Waals surface area contributed by atoms with Gasteiger partial charge in [0.05, 0.1) is 7.11 Å². The molecule has 0 aliphatic heterocycles. The van der Waals surface area contributed by atoms with Crippen molar-refractivity contribution in [3.05, 3.63) is 54.4 Å². The van der Waals surface area contributed by atoms with Crippen molar-refractivity contribution in [1.29, 1.82) is 0 Å². The van der Waals surface area contributed by atoms with Gasteiger partial charge < -0.3 is 15.0 Å². The van der Waals surface area contributed by atoms with Crippen LogP contribution in [-0.4, -0.2) is 42.4 Å². The smallest absolute Gasteiger partial charge is 0.233 e. The molecule has 0 saturated carbocycles. The number of ether oxygens (including phenoxy) is 1. The topological polar surface area (TPSA) is 71.5 Å². The molecule has 0 saturated heterocycles. The van der Waals surface area contributed by atoms with Crippen molar-refractivity contribution < 1.29 is 14.3 Å². The van der Waals surface area contributed by atoms with Crippen LogP contribution < -0.4 is 10.1 Å². The number of amides is 2. The Kier molecular flexibility index (Phi) is 6.31. The van der Waals surface area contributed by atoms with Gasteiger partial charge in [0.1, 0.15) is 12.2 Å². The van der Waals surface area contributed by atoms with Crippen LogP contribution in [0.3, 0.4) is 0 Å². The van der Waals surface area contributed by atoms with Crippen molar-refractivity contribution in [2.75, 3.05) is 26.0 Å². The molecule has 0 fully saturated rings. The first-order chi connectivity index (χ1) is 11.6. The lowest BCUT2D eigenvalue weighted by molar-refractivity contribution is -0.133. The van der Waals surface area contributed by atoms with Crippen LogP contribution in [0.25, 0.3) is 0 Å². The molecule has 1 heterocycles. The van der Waals surface area contributed by atoms with Crippen LogP contribution in [0.2, 0.25) is 0 Å². The van der Waals surface area contributed by atoms with Gasteiger partial charge in [-0.1, -0.05) is 0 Å². The monoisotopic (exact) mass is 327 g/mol. The second kappa shape index (κ2) is 8.67. The zero-order valence-electron chi connectivity index (χ0n) is 13.9. The molecule has 6 heteroatoms. The summed E-state index contributed by atoms with van der Waals surface area (Å²) >= 11 is 0. The lowest BCUT2D eigenvalue weighted by Gasteiger charge is -2.17. The summed E-state index contributed by atoms with van der Waals surface area (Å²) < 4.78 is 5.06. The highest BCUT2D eigenvalue weighted by Crippen LogP contribution is 2.15. The fourth-order valence-electron chi connectivity index (χ4n) is 2.12. The Morgan fingerprint density at radius 2 is 1.79 bits per heavy atom. The molecule has 0 bridgehead atoms. The fraction of sp³-hybridized carbons (Fsp3) is 0.278. The quantitative estimate of drug-likeness (QED) is 0.791. The Morgan fingerprint density at radius 1 is 1.12 bits per heavy atom. The number of carbonyl (C=O) groups excluding carboxylic acids is 2. The first kappa shape index (κ1) is 17.5. The van der Waals surface area contributed by atoms with E-state index >= 15 is 0 Å². The van der Waals surface area contributed by atoms with Crippen molar-refractivity contribution in [2.45, 2.75) is 12.8 Å². The van der Waals surface area contributed by atoms with Crippen LogP contribution in [0.4, 0.5) is 5.69 Å². The molecule has 0 aliphatic carbocycles. The van der Waals surface area contributed by atoms with E-state index in [0.29, 0.717) is 18.0 Å². The van der Waals surface area contributed by atoms with Gasteiger partial charge in [0.25, 0.3) is 0 Å². The van der Waals surface area contributed by atoms with Crippen molar-refractivity contribution in [2.24, 2.45) is 0 Å². The van der Waals surface area contributed by atoms with E-state index in [2.05, 4.69) is 10.3 Å². The van der Waals surface area contributed by atoms with Gasteiger partial charge in [0.2, 0.25) is 11.8 Å². The standard InChI is InChI=1S/C18H21N3O3/c1-21(12-9-14-7-10-19-11-8-14)18(23)13-17(22)20-15-3-5-16(24-2)6-4-15/h3-8,10-11H,9,12-13H2,1-2H3,(H,20,22). The summed E-state index contributed by atoms with van der Waals surface area (Å²) in [6, 6.07) is 10.8. The van der Waals surface area contributed by atoms with Gasteiger partial charge in [-0.25, -0.2) is 0 Å². The maximum atomic E-state index is 12.1. The van der Waals surface area contributed by atoms with Gasteiger partial charge in [0, 0.05) is 31.7 Å². The van der Waals surface area contributed by atoms with E-state index in [-0.39, 0.29) is 18.2 Å². The van der Waals surface area contributed by atoms with E-state index in [4.69, 9.17) is 4.74 Å². The maximum Gasteiger partial charge on any atom is 0.233 e. The lowest BCUT2D eigenvalue weighted by Crippen LogP contribution is -2.32. The van der Waals surface area contributed by atoms with Crippen molar-refractivity contribution in [1.82, 2.24) is 9.88 Å². The molecular formula is C18H21N3O3. The van der Waals surface area contributed by atoms with Crippen LogP contribution in [0.15, 0.2) is 48.8 Å². The Labute approximate surface area is 141 Å². The van der Waals surface area contributed by atoms with Crippen LogP contribution in [-0.2, 0) is 16.0 Å². The number of methoxy groups -OCH3 is 1. The van der Waals surface area contributed by atoms with Gasteiger partial charge in [0.15, 0.2) is 0 Å². The minimum atomic E-state index is -0.332. The average molecular weight is 327 g/mol. The molecule has 126 valence electrons. The summed E-state index contributed by atoms with van der Waals surface area (Å²) in [5, 5.41) is 2.70. The van der Waals surface area contributed by atoms with Crippen LogP contribution in [0.1, 0.15) is 12.0 Å². The largest absolute Gasteiger partial charge is 0.497 e. The Bertz CT molecular complexity index is 672. The van der Waals surface area contributed by atoms with Gasteiger partial charge in [-0.3, -0.25) is 14.6 Å². The van der Waals surface area contributed by atoms with Crippen LogP contribution in [0, 0.1) is 0 Å². The molecule has 2 amide bonds. The highest BCUT2D eigenvalue weighted by Gasteiger charge is 2.14. The summed E-state index contributed by atoms with van der Waals surface area (Å²) in [6.45, 7) is 0.554. The summed E-state index contributed by atoms with van der Waals surface area (Å²) in [5.41, 5.74) is 1.74. The van der Waals surface area contributed by atoms with Gasteiger partial charge >= 0.3 is 0 Å². The number of likely N-dealkylation sites (N-methyl/N-ethyl adjacent to an activating group) is 1. The van der Waals surface area contributed by atoms with Crippen molar-refractivity contribution in [3.63, 3.8) is 0 Å². The van der Waals surface area contributed by atoms with Crippen LogP contribution >= 0.6 is 0 Å². The second-order valence-electron chi connectivity index (χ2n) is 5.37. The third kappa shape index (κ3) is 5.39. The first-order valence-corrected chi connectivity index (χ1v) is 7.65. The number of hydrogen-bond donors (Lipinski definition) is 1. The number of nitrogens with zero attached hydrogens (tertiary/aromatic N) is 2. The minimum absolute atomic E-state index is 0.182. The predicted molar refractivity (Wildman–Crippen MR) is 91.8 cm³/mol. The number of benzene rings is 1. The molecular weight excluding hydrogens is 306 g/mol. The molecule has 0 radical (unpaired) electrons. The second-order valence-corrected chi connectivity index (χ2v) is 5.37. The number of pyridine rings is 1. The van der Waals surface area contributed by atoms with E-state index < -0.39 is 0 Å². The van der Waals surface area contributed by atoms with E-state index in [1.54, 1.807) is 55.7 Å². The lowest BCUT2D eigenvalue weighted by atomic mass is 10.2. The summed E-state index contributed by atoms with van der Waals surface area (Å²) in [7, 11) is 3.28. The highest BCUT2D eigenvalue weighted by atomic mass is 16.5. The average Bonchev–Trinajstić information content (AvgIpc) is 2.61. The molecule has 0 atom stereocenters. The summed E-state index contributed by atoms with van der Waals surface area (Å²) in [6.07, 6.45) is 3.99. The van der Waals surface area contributed by atoms with Crippen LogP contribution in [0.5, 0.6) is 5.75 Å². The minimum Gasteiger partial charge on any atom is -0.497 e. The van der Waals surface area contributed by atoms with E-state index in [0.717, 1.165) is 12.0 Å². The van der Waals surface area contributed by atoms with E-state index in [9.17, 15) is 9.59 Å². The zero-order chi connectivity index (χ0) is 17.4. The van der Waals surface area contributed by atoms with Crippen molar-refractivity contribution in [3.8, 4) is 5.75 Å². The zero-order valence-corrected chi connectivity index (χ0v) is 13.9. The SMILES string of the molecule is COc1ccc(NC(=O)CC(=O)N(C)CCc2ccncc2)cc1. The number of carbonyl (C=O) groups is 2. The van der Waals surface area contributed by atoms with Gasteiger partial charge in [-0.15, -0.1) is 0 Å². The number of aromatic nitrogens is 1. The molecule has 0 unspecified atom stereocenters. The molecule has 6 nitrogen and oxygen atoms in total. The maximum absolute atomic E-state index is 12.1. The molecule has 2 aromatic rings. The number of hydrogen-bond acceptors (Lipinski definition) is 4. The molecule has 24 heavy (non-hydrogen) atoms. The van der Waals surface area contributed by atoms with E-state index in [1.807, 2.05) is 12.1 Å². The molecule has 2 rings (SSSR count). The summed E-state index contributed by atoms with van der Waals surface area (Å²) in [5.74, 6) is 0.163. The number of anilines is 1. The Hall–Kier alpha value is -2.89. The summed E-state index contributed by atoms with van der Waals surface area (Å²) in [4.78, 5) is 29.6. The molecule has 0 aliphatic rings. The van der Waals surface area contributed by atoms with E-state index in [1.165, 1.54) is 0 Å². The predicted octanol–water partition coefficient (Wildman–Crippen LogP) is 2.12. The number of nitrogens with one attached hydrogen (secondary N) is 1. The third-order valence-electron chi connectivity index (χ3n) is 3.60. The van der Waals surface area contributed by atoms with Crippen molar-refractivity contribution >= 4 is 17.5 Å². The Balaban J connectivity index is 1.78. The number of rotatable bonds is 7. The third-order valence-corrected chi connectivity index (χ3v) is 3.60. The molecule has 1 aromatic carbocycles. The molecule has 1 N–H and O–H groups in total. The normalized spacial score (nSPS) is 10.1. The first-order valence-electron chi connectivity index (χ1n) is 7.65. The fourth-order valence-corrected chi connectivity index (χ4v) is 2.12. The molecule has 1 aromatic heterocycles. The Morgan fingerprint density at radius 3 is 2.42 bits per heavy atom. The highest BCUT2D eigenvalue weighted by molar-refractivity contribution is 6.03. The van der Waals surface area contributed by atoms with Gasteiger partial charge in [-0.05, 0) is 48.4 Å².